The average molecular weight is 259 g/mol. The van der Waals surface area contributed by atoms with E-state index < -0.39 is 18.0 Å². The lowest BCUT2D eigenvalue weighted by Gasteiger charge is -2.23. The third-order valence-corrected chi connectivity index (χ3v) is 2.85. The minimum atomic E-state index is -1.21. The molecule has 3 N–H and O–H groups in total. The van der Waals surface area contributed by atoms with E-state index in [-0.39, 0.29) is 24.7 Å². The predicted octanol–water partition coefficient (Wildman–Crippen LogP) is -0.153. The Kier molecular flexibility index (Phi) is 5.57. The van der Waals surface area contributed by atoms with Gasteiger partial charge in [-0.15, -0.1) is 0 Å². The van der Waals surface area contributed by atoms with Gasteiger partial charge in [0, 0.05) is 25.6 Å². The summed E-state index contributed by atoms with van der Waals surface area (Å²) in [5.41, 5.74) is 0. The normalized spacial score (nSPS) is 18.0. The van der Waals surface area contributed by atoms with Crippen LogP contribution in [0.1, 0.15) is 25.7 Å². The number of aliphatic carboxylic acids is 2. The molecule has 0 aromatic rings. The van der Waals surface area contributed by atoms with Crippen molar-refractivity contribution < 1.29 is 29.3 Å². The molecule has 18 heavy (non-hydrogen) atoms. The van der Waals surface area contributed by atoms with Gasteiger partial charge in [-0.2, -0.15) is 0 Å². The molecular formula is C11H17NO6. The molecule has 7 nitrogen and oxygen atoms in total. The summed E-state index contributed by atoms with van der Waals surface area (Å²) in [6, 6.07) is -1.14. The van der Waals surface area contributed by atoms with Gasteiger partial charge in [-0.25, -0.2) is 4.79 Å². The molecule has 0 saturated carbocycles. The standard InChI is InChI=1S/C11H17NO6/c13-9(14)2-1-8(11(16)17)12-10(15)7-3-5-18-6-4-7/h7-8H,1-6H2,(H,12,15)(H,13,14)(H,16,17). The molecule has 7 heteroatoms. The molecule has 102 valence electrons. The number of rotatable bonds is 6. The number of hydrogen-bond acceptors (Lipinski definition) is 4. The van der Waals surface area contributed by atoms with Crippen molar-refractivity contribution in [2.75, 3.05) is 13.2 Å². The van der Waals surface area contributed by atoms with Crippen LogP contribution in [0.4, 0.5) is 0 Å². The molecule has 0 bridgehead atoms. The van der Waals surface area contributed by atoms with Crippen molar-refractivity contribution in [1.82, 2.24) is 5.32 Å². The maximum Gasteiger partial charge on any atom is 0.326 e. The number of carbonyl (C=O) groups excluding carboxylic acids is 1. The van der Waals surface area contributed by atoms with Crippen molar-refractivity contribution >= 4 is 17.8 Å². The van der Waals surface area contributed by atoms with E-state index in [1.165, 1.54) is 0 Å². The first-order chi connectivity index (χ1) is 8.50. The van der Waals surface area contributed by atoms with Gasteiger partial charge in [0.1, 0.15) is 6.04 Å². The third kappa shape index (κ3) is 4.70. The number of hydrogen-bond donors (Lipinski definition) is 3. The topological polar surface area (TPSA) is 113 Å². The van der Waals surface area contributed by atoms with E-state index in [0.717, 1.165) is 0 Å². The highest BCUT2D eigenvalue weighted by Crippen LogP contribution is 2.15. The number of carbonyl (C=O) groups is 3. The molecule has 1 aliphatic rings. The number of carboxylic acids is 2. The van der Waals surface area contributed by atoms with Crippen LogP contribution in [0, 0.1) is 5.92 Å². The summed E-state index contributed by atoms with van der Waals surface area (Å²) in [5, 5.41) is 19.8. The maximum absolute atomic E-state index is 11.8. The molecule has 1 atom stereocenters. The molecule has 1 aliphatic heterocycles. The first-order valence-corrected chi connectivity index (χ1v) is 5.83. The summed E-state index contributed by atoms with van der Waals surface area (Å²) in [6.45, 7) is 0.982. The van der Waals surface area contributed by atoms with Gasteiger partial charge in [-0.3, -0.25) is 9.59 Å². The van der Waals surface area contributed by atoms with E-state index in [2.05, 4.69) is 5.32 Å². The molecule has 0 aliphatic carbocycles. The minimum Gasteiger partial charge on any atom is -0.481 e. The van der Waals surface area contributed by atoms with Crippen LogP contribution in [0.3, 0.4) is 0 Å². The molecule has 1 saturated heterocycles. The highest BCUT2D eigenvalue weighted by Gasteiger charge is 2.26. The van der Waals surface area contributed by atoms with Crippen molar-refractivity contribution in [2.24, 2.45) is 5.92 Å². The molecule has 0 aromatic heterocycles. The van der Waals surface area contributed by atoms with Crippen LogP contribution in [0.25, 0.3) is 0 Å². The minimum absolute atomic E-state index is 0.111. The predicted molar refractivity (Wildman–Crippen MR) is 60.0 cm³/mol. The lowest BCUT2D eigenvalue weighted by Crippen LogP contribution is -2.45. The zero-order chi connectivity index (χ0) is 13.5. The average Bonchev–Trinajstić information content (AvgIpc) is 2.34. The van der Waals surface area contributed by atoms with E-state index in [1.54, 1.807) is 0 Å². The Balaban J connectivity index is 2.46. The Bertz CT molecular complexity index is 323. The summed E-state index contributed by atoms with van der Waals surface area (Å²) in [5.74, 6) is -2.88. The third-order valence-electron chi connectivity index (χ3n) is 2.85. The first-order valence-electron chi connectivity index (χ1n) is 5.83. The highest BCUT2D eigenvalue weighted by molar-refractivity contribution is 5.85. The Morgan fingerprint density at radius 2 is 1.83 bits per heavy atom. The van der Waals surface area contributed by atoms with Crippen LogP contribution in [0.5, 0.6) is 0 Å². The molecular weight excluding hydrogens is 242 g/mol. The second-order valence-electron chi connectivity index (χ2n) is 4.22. The van der Waals surface area contributed by atoms with Crippen molar-refractivity contribution in [1.29, 1.82) is 0 Å². The van der Waals surface area contributed by atoms with Gasteiger partial charge in [0.05, 0.1) is 0 Å². The molecule has 1 fully saturated rings. The first kappa shape index (κ1) is 14.4. The Hall–Kier alpha value is -1.63. The fourth-order valence-corrected chi connectivity index (χ4v) is 1.77. The highest BCUT2D eigenvalue weighted by atomic mass is 16.5. The van der Waals surface area contributed by atoms with Gasteiger partial charge in [0.15, 0.2) is 0 Å². The van der Waals surface area contributed by atoms with Crippen LogP contribution >= 0.6 is 0 Å². The second kappa shape index (κ2) is 6.95. The van der Waals surface area contributed by atoms with E-state index in [9.17, 15) is 14.4 Å². The van der Waals surface area contributed by atoms with E-state index in [0.29, 0.717) is 26.1 Å². The Labute approximate surface area is 104 Å². The van der Waals surface area contributed by atoms with Gasteiger partial charge < -0.3 is 20.3 Å². The van der Waals surface area contributed by atoms with Crippen molar-refractivity contribution in [2.45, 2.75) is 31.7 Å². The van der Waals surface area contributed by atoms with Gasteiger partial charge in [0.2, 0.25) is 5.91 Å². The zero-order valence-corrected chi connectivity index (χ0v) is 9.92. The lowest BCUT2D eigenvalue weighted by atomic mass is 9.98. The van der Waals surface area contributed by atoms with Gasteiger partial charge in [-0.05, 0) is 19.3 Å². The van der Waals surface area contributed by atoms with E-state index >= 15 is 0 Å². The van der Waals surface area contributed by atoms with Crippen LogP contribution in [-0.2, 0) is 19.1 Å². The monoisotopic (exact) mass is 259 g/mol. The summed E-state index contributed by atoms with van der Waals surface area (Å²) in [4.78, 5) is 33.1. The molecule has 1 unspecified atom stereocenters. The fraction of sp³-hybridized carbons (Fsp3) is 0.727. The van der Waals surface area contributed by atoms with Crippen molar-refractivity contribution in [3.8, 4) is 0 Å². The summed E-state index contributed by atoms with van der Waals surface area (Å²) in [7, 11) is 0. The number of amides is 1. The molecule has 0 aromatic carbocycles. The summed E-state index contributed by atoms with van der Waals surface area (Å²) < 4.78 is 5.11. The zero-order valence-electron chi connectivity index (χ0n) is 9.92. The Morgan fingerprint density at radius 1 is 1.22 bits per heavy atom. The van der Waals surface area contributed by atoms with Crippen LogP contribution in [0.15, 0.2) is 0 Å². The summed E-state index contributed by atoms with van der Waals surface area (Å²) >= 11 is 0. The molecule has 0 spiro atoms. The molecule has 1 heterocycles. The Morgan fingerprint density at radius 3 is 2.33 bits per heavy atom. The number of carboxylic acid groups (broad SMARTS) is 2. The fourth-order valence-electron chi connectivity index (χ4n) is 1.77. The maximum atomic E-state index is 11.8. The molecule has 1 rings (SSSR count). The molecule has 0 radical (unpaired) electrons. The van der Waals surface area contributed by atoms with Crippen LogP contribution in [0.2, 0.25) is 0 Å². The van der Waals surface area contributed by atoms with Crippen molar-refractivity contribution in [3.63, 3.8) is 0 Å². The summed E-state index contributed by atoms with van der Waals surface area (Å²) in [6.07, 6.45) is 0.735. The van der Waals surface area contributed by atoms with Crippen molar-refractivity contribution in [3.05, 3.63) is 0 Å². The number of nitrogens with one attached hydrogen (secondary N) is 1. The largest absolute Gasteiger partial charge is 0.481 e. The quantitative estimate of drug-likeness (QED) is 0.611. The van der Waals surface area contributed by atoms with Gasteiger partial charge >= 0.3 is 11.9 Å². The van der Waals surface area contributed by atoms with E-state index in [1.807, 2.05) is 0 Å². The number of ether oxygens (including phenoxy) is 1. The van der Waals surface area contributed by atoms with Crippen LogP contribution in [-0.4, -0.2) is 47.3 Å². The second-order valence-corrected chi connectivity index (χ2v) is 4.22. The SMILES string of the molecule is O=C(O)CCC(NC(=O)C1CCOCC1)C(=O)O. The van der Waals surface area contributed by atoms with Crippen LogP contribution < -0.4 is 5.32 Å². The van der Waals surface area contributed by atoms with Gasteiger partial charge in [0.25, 0.3) is 0 Å². The lowest BCUT2D eigenvalue weighted by molar-refractivity contribution is -0.144. The molecule has 1 amide bonds. The smallest absolute Gasteiger partial charge is 0.326 e. The van der Waals surface area contributed by atoms with Gasteiger partial charge in [-0.1, -0.05) is 0 Å². The van der Waals surface area contributed by atoms with E-state index in [4.69, 9.17) is 14.9 Å².